The number of alkyl halides is 2. The van der Waals surface area contributed by atoms with Gasteiger partial charge < -0.3 is 5.32 Å². The van der Waals surface area contributed by atoms with Gasteiger partial charge in [0.2, 0.25) is 0 Å². The van der Waals surface area contributed by atoms with Gasteiger partial charge in [0.1, 0.15) is 17.2 Å². The van der Waals surface area contributed by atoms with E-state index in [2.05, 4.69) is 20.4 Å². The Hall–Kier alpha value is -2.84. The van der Waals surface area contributed by atoms with Gasteiger partial charge in [0.15, 0.2) is 5.65 Å². The van der Waals surface area contributed by atoms with Gasteiger partial charge in [0, 0.05) is 25.0 Å². The number of aromatic nitrogens is 5. The van der Waals surface area contributed by atoms with Crippen LogP contribution in [0.15, 0.2) is 30.9 Å². The topological polar surface area (TPSA) is 77.1 Å². The Morgan fingerprint density at radius 1 is 1.36 bits per heavy atom. The number of nitrogens with one attached hydrogen (secondary N) is 1. The van der Waals surface area contributed by atoms with Crippen LogP contribution in [-0.4, -0.2) is 30.1 Å². The van der Waals surface area contributed by atoms with Crippen LogP contribution >= 0.6 is 0 Å². The molecule has 130 valence electrons. The number of halogens is 2. The molecular formula is C16H16F2N6O. The van der Waals surface area contributed by atoms with Crippen LogP contribution < -0.4 is 5.32 Å². The van der Waals surface area contributed by atoms with E-state index in [1.165, 1.54) is 29.4 Å². The highest BCUT2D eigenvalue weighted by molar-refractivity contribution is 6.04. The fourth-order valence-electron chi connectivity index (χ4n) is 2.98. The lowest BCUT2D eigenvalue weighted by atomic mass is 9.85. The molecule has 1 saturated carbocycles. The van der Waals surface area contributed by atoms with Crippen LogP contribution in [0.5, 0.6) is 0 Å². The molecule has 0 bridgehead atoms. The van der Waals surface area contributed by atoms with Crippen molar-refractivity contribution in [2.75, 3.05) is 5.32 Å². The van der Waals surface area contributed by atoms with E-state index in [4.69, 9.17) is 0 Å². The molecule has 1 amide bonds. The molecule has 0 saturated heterocycles. The second-order valence-corrected chi connectivity index (χ2v) is 6.10. The number of fused-ring (bicyclic) bond motifs is 1. The zero-order chi connectivity index (χ0) is 17.4. The molecule has 4 rings (SSSR count). The monoisotopic (exact) mass is 346 g/mol. The molecule has 0 unspecified atom stereocenters. The summed E-state index contributed by atoms with van der Waals surface area (Å²) in [5.41, 5.74) is -0.551. The summed E-state index contributed by atoms with van der Waals surface area (Å²) in [5, 5.41) is 6.89. The minimum absolute atomic E-state index is 0.191. The predicted molar refractivity (Wildman–Crippen MR) is 85.5 cm³/mol. The average molecular weight is 346 g/mol. The zero-order valence-corrected chi connectivity index (χ0v) is 13.3. The Kier molecular flexibility index (Phi) is 3.90. The Morgan fingerprint density at radius 3 is 2.92 bits per heavy atom. The van der Waals surface area contributed by atoms with Gasteiger partial charge in [0.05, 0.1) is 12.4 Å². The van der Waals surface area contributed by atoms with Gasteiger partial charge >= 0.3 is 0 Å². The lowest BCUT2D eigenvalue weighted by Gasteiger charge is -2.25. The van der Waals surface area contributed by atoms with Gasteiger partial charge in [-0.1, -0.05) is 6.42 Å². The summed E-state index contributed by atoms with van der Waals surface area (Å²) >= 11 is 0. The summed E-state index contributed by atoms with van der Waals surface area (Å²) < 4.78 is 29.7. The molecule has 3 heterocycles. The molecule has 1 fully saturated rings. The molecule has 1 aliphatic rings. The minimum Gasteiger partial charge on any atom is -0.305 e. The van der Waals surface area contributed by atoms with E-state index in [9.17, 15) is 13.6 Å². The van der Waals surface area contributed by atoms with E-state index in [-0.39, 0.29) is 11.3 Å². The smallest absolute Gasteiger partial charge is 0.282 e. The van der Waals surface area contributed by atoms with Crippen molar-refractivity contribution in [2.45, 2.75) is 32.2 Å². The van der Waals surface area contributed by atoms with Crippen molar-refractivity contribution >= 4 is 17.4 Å². The second kappa shape index (κ2) is 6.23. The van der Waals surface area contributed by atoms with E-state index in [0.717, 1.165) is 12.8 Å². The molecule has 9 heteroatoms. The third kappa shape index (κ3) is 2.86. The summed E-state index contributed by atoms with van der Waals surface area (Å²) in [5.74, 6) is 0.388. The first-order valence-corrected chi connectivity index (χ1v) is 8.07. The number of hydrogen-bond donors (Lipinski definition) is 1. The van der Waals surface area contributed by atoms with Crippen LogP contribution in [0.3, 0.4) is 0 Å². The van der Waals surface area contributed by atoms with Crippen molar-refractivity contribution in [1.82, 2.24) is 24.1 Å². The zero-order valence-electron chi connectivity index (χ0n) is 13.3. The minimum atomic E-state index is -2.86. The van der Waals surface area contributed by atoms with Gasteiger partial charge in [-0.3, -0.25) is 14.2 Å². The standard InChI is InChI=1S/C16H16F2N6O/c17-15(18)13-14(23-7-6-19-8-12(23)21-13)16(25)22-11-4-5-20-24(11)9-10-2-1-3-10/h4-8,10,15H,1-3,9H2,(H,22,25). The van der Waals surface area contributed by atoms with Crippen LogP contribution in [0.2, 0.25) is 0 Å². The molecule has 0 aromatic carbocycles. The Morgan fingerprint density at radius 2 is 2.20 bits per heavy atom. The van der Waals surface area contributed by atoms with Gasteiger partial charge in [-0.25, -0.2) is 18.4 Å². The van der Waals surface area contributed by atoms with E-state index in [0.29, 0.717) is 18.3 Å². The maximum Gasteiger partial charge on any atom is 0.282 e. The second-order valence-electron chi connectivity index (χ2n) is 6.10. The van der Waals surface area contributed by atoms with Crippen molar-refractivity contribution in [3.05, 3.63) is 42.2 Å². The lowest BCUT2D eigenvalue weighted by Crippen LogP contribution is -2.23. The third-order valence-corrected chi connectivity index (χ3v) is 4.49. The molecule has 0 atom stereocenters. The van der Waals surface area contributed by atoms with Gasteiger partial charge in [-0.05, 0) is 18.8 Å². The van der Waals surface area contributed by atoms with Gasteiger partial charge in [0.25, 0.3) is 12.3 Å². The number of nitrogens with zero attached hydrogens (tertiary/aromatic N) is 5. The highest BCUT2D eigenvalue weighted by Crippen LogP contribution is 2.29. The van der Waals surface area contributed by atoms with Crippen LogP contribution in [0.4, 0.5) is 14.6 Å². The van der Waals surface area contributed by atoms with Crippen molar-refractivity contribution in [1.29, 1.82) is 0 Å². The first kappa shape index (κ1) is 15.7. The van der Waals surface area contributed by atoms with Crippen molar-refractivity contribution in [3.63, 3.8) is 0 Å². The average Bonchev–Trinajstić information content (AvgIpc) is 3.14. The maximum atomic E-state index is 13.3. The number of imidazole rings is 1. The van der Waals surface area contributed by atoms with Crippen LogP contribution in [0, 0.1) is 5.92 Å². The Bertz CT molecular complexity index is 914. The molecule has 7 nitrogen and oxygen atoms in total. The predicted octanol–water partition coefficient (Wildman–Crippen LogP) is 2.92. The van der Waals surface area contributed by atoms with E-state index in [1.54, 1.807) is 16.9 Å². The lowest BCUT2D eigenvalue weighted by molar-refractivity contribution is 0.0998. The number of carbonyl (C=O) groups is 1. The quantitative estimate of drug-likeness (QED) is 0.771. The van der Waals surface area contributed by atoms with Crippen LogP contribution in [0.25, 0.3) is 5.65 Å². The number of anilines is 1. The number of amides is 1. The number of rotatable bonds is 5. The van der Waals surface area contributed by atoms with Crippen molar-refractivity contribution in [2.24, 2.45) is 5.92 Å². The Balaban J connectivity index is 1.64. The summed E-state index contributed by atoms with van der Waals surface area (Å²) in [6.07, 6.45) is 6.41. The van der Waals surface area contributed by atoms with Crippen LogP contribution in [-0.2, 0) is 6.54 Å². The van der Waals surface area contributed by atoms with E-state index < -0.39 is 18.0 Å². The highest BCUT2D eigenvalue weighted by atomic mass is 19.3. The molecule has 0 radical (unpaired) electrons. The molecular weight excluding hydrogens is 330 g/mol. The number of hydrogen-bond acceptors (Lipinski definition) is 4. The highest BCUT2D eigenvalue weighted by Gasteiger charge is 2.26. The van der Waals surface area contributed by atoms with Crippen molar-refractivity contribution < 1.29 is 13.6 Å². The fraction of sp³-hybridized carbons (Fsp3) is 0.375. The summed E-state index contributed by atoms with van der Waals surface area (Å²) in [7, 11) is 0. The first-order chi connectivity index (χ1) is 12.1. The van der Waals surface area contributed by atoms with Gasteiger partial charge in [-0.2, -0.15) is 5.10 Å². The molecule has 1 N–H and O–H groups in total. The number of carbonyl (C=O) groups excluding carboxylic acids is 1. The molecule has 3 aromatic heterocycles. The van der Waals surface area contributed by atoms with E-state index in [1.807, 2.05) is 0 Å². The largest absolute Gasteiger partial charge is 0.305 e. The maximum absolute atomic E-state index is 13.3. The van der Waals surface area contributed by atoms with Gasteiger partial charge in [-0.15, -0.1) is 0 Å². The van der Waals surface area contributed by atoms with Crippen LogP contribution in [0.1, 0.15) is 41.9 Å². The summed E-state index contributed by atoms with van der Waals surface area (Å²) in [6.45, 7) is 0.710. The van der Waals surface area contributed by atoms with Crippen molar-refractivity contribution in [3.8, 4) is 0 Å². The molecule has 1 aliphatic carbocycles. The van der Waals surface area contributed by atoms with E-state index >= 15 is 0 Å². The fourth-order valence-corrected chi connectivity index (χ4v) is 2.98. The normalized spacial score (nSPS) is 14.8. The molecule has 25 heavy (non-hydrogen) atoms. The SMILES string of the molecule is O=C(Nc1ccnn1CC1CCC1)c1c(C(F)F)nc2cnccn12. The Labute approximate surface area is 141 Å². The molecule has 0 aliphatic heterocycles. The molecule has 0 spiro atoms. The first-order valence-electron chi connectivity index (χ1n) is 8.07. The molecule has 3 aromatic rings. The third-order valence-electron chi connectivity index (χ3n) is 4.49. The summed E-state index contributed by atoms with van der Waals surface area (Å²) in [6, 6.07) is 1.66. The summed E-state index contributed by atoms with van der Waals surface area (Å²) in [4.78, 5) is 20.3.